The number of hydrogen-bond acceptors (Lipinski definition) is 5. The first-order chi connectivity index (χ1) is 6.49. The van der Waals surface area contributed by atoms with Gasteiger partial charge in [0.1, 0.15) is 0 Å². The third kappa shape index (κ3) is 5.51. The van der Waals surface area contributed by atoms with Crippen molar-refractivity contribution < 1.29 is 9.59 Å². The van der Waals surface area contributed by atoms with E-state index >= 15 is 0 Å². The zero-order valence-corrected chi connectivity index (χ0v) is 10.0. The maximum atomic E-state index is 11.3. The molecule has 0 fully saturated rings. The van der Waals surface area contributed by atoms with Crippen molar-refractivity contribution in [1.29, 1.82) is 0 Å². The number of imide groups is 1. The lowest BCUT2D eigenvalue weighted by Gasteiger charge is -2.11. The van der Waals surface area contributed by atoms with Gasteiger partial charge in [0.15, 0.2) is 0 Å². The molecule has 2 amide bonds. The summed E-state index contributed by atoms with van der Waals surface area (Å²) in [6, 6.07) is -0.613. The number of nitrogens with one attached hydrogen (secondary N) is 1. The second-order valence-corrected chi connectivity index (χ2v) is 4.68. The van der Waals surface area contributed by atoms with E-state index in [4.69, 9.17) is 5.73 Å². The van der Waals surface area contributed by atoms with Crippen LogP contribution in [0.3, 0.4) is 0 Å². The first kappa shape index (κ1) is 13.8. The Morgan fingerprint density at radius 1 is 1.50 bits per heavy atom. The minimum absolute atomic E-state index is 0.405. The van der Waals surface area contributed by atoms with Gasteiger partial charge in [0.05, 0.1) is 11.3 Å². The summed E-state index contributed by atoms with van der Waals surface area (Å²) in [4.78, 5) is 22.3. The molecule has 82 valence electrons. The van der Waals surface area contributed by atoms with E-state index in [1.54, 1.807) is 18.7 Å². The molecule has 2 atom stereocenters. The highest BCUT2D eigenvalue weighted by Crippen LogP contribution is 1.99. The van der Waals surface area contributed by atoms with E-state index in [-0.39, 0.29) is 0 Å². The van der Waals surface area contributed by atoms with Gasteiger partial charge >= 0.3 is 0 Å². The molecule has 3 N–H and O–H groups in total. The van der Waals surface area contributed by atoms with E-state index in [1.807, 2.05) is 6.26 Å². The Labute approximate surface area is 93.8 Å². The number of thiol groups is 1. The van der Waals surface area contributed by atoms with Gasteiger partial charge in [0.25, 0.3) is 0 Å². The molecule has 0 spiro atoms. The average Bonchev–Trinajstić information content (AvgIpc) is 2.13. The second-order valence-electron chi connectivity index (χ2n) is 2.92. The van der Waals surface area contributed by atoms with Crippen molar-refractivity contribution >= 4 is 36.2 Å². The number of carbonyl (C=O) groups excluding carboxylic acids is 2. The molecule has 0 aromatic carbocycles. The quantitative estimate of drug-likeness (QED) is 0.589. The Kier molecular flexibility index (Phi) is 7.04. The fourth-order valence-corrected chi connectivity index (χ4v) is 1.25. The molecule has 0 saturated heterocycles. The lowest BCUT2D eigenvalue weighted by Crippen LogP contribution is -2.45. The van der Waals surface area contributed by atoms with Gasteiger partial charge in [0.2, 0.25) is 11.8 Å². The van der Waals surface area contributed by atoms with Crippen LogP contribution in [0.2, 0.25) is 0 Å². The third-order valence-electron chi connectivity index (χ3n) is 1.60. The number of rotatable bonds is 5. The van der Waals surface area contributed by atoms with Gasteiger partial charge in [-0.15, -0.1) is 0 Å². The van der Waals surface area contributed by atoms with E-state index in [0.29, 0.717) is 6.42 Å². The highest BCUT2D eigenvalue weighted by molar-refractivity contribution is 7.98. The molecular formula is C8H16N2O2S2. The zero-order valence-electron chi connectivity index (χ0n) is 8.32. The van der Waals surface area contributed by atoms with Crippen molar-refractivity contribution in [2.45, 2.75) is 24.6 Å². The number of thioether (sulfide) groups is 1. The number of carbonyl (C=O) groups is 2. The number of nitrogens with two attached hydrogens (primary N) is 1. The van der Waals surface area contributed by atoms with E-state index in [1.165, 1.54) is 0 Å². The monoisotopic (exact) mass is 236 g/mol. The van der Waals surface area contributed by atoms with Crippen LogP contribution in [0.1, 0.15) is 13.3 Å². The van der Waals surface area contributed by atoms with Crippen molar-refractivity contribution in [1.82, 2.24) is 5.32 Å². The highest BCUT2D eigenvalue weighted by Gasteiger charge is 2.17. The van der Waals surface area contributed by atoms with Crippen LogP contribution < -0.4 is 11.1 Å². The Hall–Kier alpha value is -0.200. The van der Waals surface area contributed by atoms with Crippen molar-refractivity contribution in [3.63, 3.8) is 0 Å². The molecule has 6 heteroatoms. The van der Waals surface area contributed by atoms with Crippen molar-refractivity contribution in [3.05, 3.63) is 0 Å². The maximum absolute atomic E-state index is 11.3. The summed E-state index contributed by atoms with van der Waals surface area (Å²) >= 11 is 5.51. The van der Waals surface area contributed by atoms with Crippen LogP contribution in [0.5, 0.6) is 0 Å². The van der Waals surface area contributed by atoms with Crippen molar-refractivity contribution in [3.8, 4) is 0 Å². The molecule has 0 heterocycles. The molecule has 0 aromatic rings. The minimum Gasteiger partial charge on any atom is -0.320 e. The number of hydrogen-bond donors (Lipinski definition) is 3. The summed E-state index contributed by atoms with van der Waals surface area (Å²) in [6.07, 6.45) is 2.51. The second kappa shape index (κ2) is 7.14. The average molecular weight is 236 g/mol. The summed E-state index contributed by atoms with van der Waals surface area (Å²) in [5.41, 5.74) is 5.55. The van der Waals surface area contributed by atoms with Gasteiger partial charge < -0.3 is 5.73 Å². The summed E-state index contributed by atoms with van der Waals surface area (Å²) in [5, 5.41) is 1.71. The molecule has 0 radical (unpaired) electrons. The van der Waals surface area contributed by atoms with E-state index in [2.05, 4.69) is 17.9 Å². The predicted octanol–water partition coefficient (Wildman–Crippen LogP) is 0.0279. The Balaban J connectivity index is 3.89. The molecule has 0 rings (SSSR count). The summed E-state index contributed by atoms with van der Waals surface area (Å²) in [7, 11) is 0. The highest BCUT2D eigenvalue weighted by atomic mass is 32.2. The van der Waals surface area contributed by atoms with Gasteiger partial charge in [0, 0.05) is 0 Å². The molecule has 0 aliphatic rings. The maximum Gasteiger partial charge on any atom is 0.243 e. The molecule has 0 saturated carbocycles. The summed E-state index contributed by atoms with van der Waals surface area (Å²) in [5.74, 6) is -0.0259. The third-order valence-corrected chi connectivity index (χ3v) is 2.47. The smallest absolute Gasteiger partial charge is 0.243 e. The predicted molar refractivity (Wildman–Crippen MR) is 62.6 cm³/mol. The molecule has 14 heavy (non-hydrogen) atoms. The van der Waals surface area contributed by atoms with E-state index < -0.39 is 23.1 Å². The van der Waals surface area contributed by atoms with Gasteiger partial charge in [-0.25, -0.2) is 0 Å². The minimum atomic E-state index is -0.613. The summed E-state index contributed by atoms with van der Waals surface area (Å²) in [6.45, 7) is 1.60. The molecule has 0 aromatic heterocycles. The van der Waals surface area contributed by atoms with Crippen LogP contribution in [0.4, 0.5) is 0 Å². The van der Waals surface area contributed by atoms with Gasteiger partial charge in [-0.1, -0.05) is 0 Å². The Morgan fingerprint density at radius 3 is 2.50 bits per heavy atom. The summed E-state index contributed by atoms with van der Waals surface area (Å²) < 4.78 is 0. The van der Waals surface area contributed by atoms with Crippen LogP contribution >= 0.6 is 24.4 Å². The van der Waals surface area contributed by atoms with Crippen molar-refractivity contribution in [2.75, 3.05) is 12.0 Å². The normalized spacial score (nSPS) is 14.6. The SMILES string of the molecule is CSCCC(N)C(=O)NC(=O)C(C)S. The zero-order chi connectivity index (χ0) is 11.1. The molecule has 0 bridgehead atoms. The lowest BCUT2D eigenvalue weighted by atomic mass is 10.2. The van der Waals surface area contributed by atoms with E-state index in [9.17, 15) is 9.59 Å². The molecular weight excluding hydrogens is 220 g/mol. The molecule has 2 unspecified atom stereocenters. The lowest BCUT2D eigenvalue weighted by molar-refractivity contribution is -0.130. The Bertz CT molecular complexity index is 210. The van der Waals surface area contributed by atoms with Crippen molar-refractivity contribution in [2.24, 2.45) is 5.73 Å². The first-order valence-corrected chi connectivity index (χ1v) is 6.17. The fourth-order valence-electron chi connectivity index (χ4n) is 0.694. The van der Waals surface area contributed by atoms with Crippen LogP contribution in [0, 0.1) is 0 Å². The van der Waals surface area contributed by atoms with E-state index in [0.717, 1.165) is 5.75 Å². The molecule has 0 aliphatic carbocycles. The van der Waals surface area contributed by atoms with Gasteiger partial charge in [-0.05, 0) is 25.4 Å². The van der Waals surface area contributed by atoms with Crippen LogP contribution in [-0.2, 0) is 9.59 Å². The largest absolute Gasteiger partial charge is 0.320 e. The van der Waals surface area contributed by atoms with Crippen LogP contribution in [0.25, 0.3) is 0 Å². The fraction of sp³-hybridized carbons (Fsp3) is 0.750. The van der Waals surface area contributed by atoms with Gasteiger partial charge in [-0.2, -0.15) is 24.4 Å². The molecule has 4 nitrogen and oxygen atoms in total. The Morgan fingerprint density at radius 2 is 2.07 bits per heavy atom. The van der Waals surface area contributed by atoms with Gasteiger partial charge in [-0.3, -0.25) is 14.9 Å². The van der Waals surface area contributed by atoms with Crippen LogP contribution in [0.15, 0.2) is 0 Å². The topological polar surface area (TPSA) is 72.2 Å². The molecule has 0 aliphatic heterocycles. The van der Waals surface area contributed by atoms with Crippen LogP contribution in [-0.4, -0.2) is 35.1 Å². The number of amides is 2. The standard InChI is InChI=1S/C8H16N2O2S2/c1-5(13)7(11)10-8(12)6(9)3-4-14-2/h5-6,13H,3-4,9H2,1-2H3,(H,10,11,12). The first-order valence-electron chi connectivity index (χ1n) is 4.26.